The van der Waals surface area contributed by atoms with Crippen molar-refractivity contribution in [3.63, 3.8) is 0 Å². The van der Waals surface area contributed by atoms with Gasteiger partial charge in [-0.05, 0) is 101 Å². The maximum atomic E-state index is 2.40. The lowest BCUT2D eigenvalue weighted by molar-refractivity contribution is 1.18. The van der Waals surface area contributed by atoms with Crippen LogP contribution in [0.15, 0.2) is 133 Å². The highest BCUT2D eigenvalue weighted by molar-refractivity contribution is 6.25. The van der Waals surface area contributed by atoms with E-state index < -0.39 is 0 Å². The first-order valence-corrected chi connectivity index (χ1v) is 14.6. The van der Waals surface area contributed by atoms with Crippen molar-refractivity contribution < 1.29 is 0 Å². The molecule has 0 nitrogen and oxygen atoms in total. The van der Waals surface area contributed by atoms with Crippen LogP contribution in [0.25, 0.3) is 76.1 Å². The van der Waals surface area contributed by atoms with Crippen LogP contribution in [0, 0.1) is 6.92 Å². The van der Waals surface area contributed by atoms with Crippen LogP contribution in [0.3, 0.4) is 0 Å². The zero-order chi connectivity index (χ0) is 27.5. The molecule has 8 aromatic rings. The summed E-state index contributed by atoms with van der Waals surface area (Å²) in [7, 11) is 0. The number of hydrogen-bond acceptors (Lipinski definition) is 0. The van der Waals surface area contributed by atoms with Gasteiger partial charge in [-0.15, -0.1) is 0 Å². The average molecular weight is 523 g/mol. The monoisotopic (exact) mass is 522 g/mol. The van der Waals surface area contributed by atoms with Gasteiger partial charge >= 0.3 is 0 Å². The average Bonchev–Trinajstić information content (AvgIpc) is 3.02. The standard InChI is InChI=1S/C41H30/c1-3-29-30-15-5-4-13-27(30)25-39-31-20-11-21-34(33(31)23-22-32(29)39)41-37-18-8-6-16-35(37)40(28-14-10-12-26(2)24-28)36-17-7-9-19-38(36)41/h4-25H,3H2,1-2H3. The van der Waals surface area contributed by atoms with Gasteiger partial charge in [0, 0.05) is 0 Å². The van der Waals surface area contributed by atoms with Gasteiger partial charge < -0.3 is 0 Å². The Hall–Kier alpha value is -4.94. The van der Waals surface area contributed by atoms with Crippen LogP contribution < -0.4 is 0 Å². The molecule has 0 aliphatic heterocycles. The van der Waals surface area contributed by atoms with Gasteiger partial charge in [0.15, 0.2) is 0 Å². The van der Waals surface area contributed by atoms with Crippen molar-refractivity contribution in [1.29, 1.82) is 0 Å². The van der Waals surface area contributed by atoms with E-state index >= 15 is 0 Å². The summed E-state index contributed by atoms with van der Waals surface area (Å²) in [4.78, 5) is 0. The third kappa shape index (κ3) is 3.61. The minimum Gasteiger partial charge on any atom is -0.0616 e. The summed E-state index contributed by atoms with van der Waals surface area (Å²) in [6.07, 6.45) is 1.01. The van der Waals surface area contributed by atoms with Gasteiger partial charge in [-0.1, -0.05) is 140 Å². The van der Waals surface area contributed by atoms with Gasteiger partial charge in [-0.3, -0.25) is 0 Å². The topological polar surface area (TPSA) is 0 Å². The summed E-state index contributed by atoms with van der Waals surface area (Å²) >= 11 is 0. The smallest absolute Gasteiger partial charge is 0.00201 e. The van der Waals surface area contributed by atoms with Crippen molar-refractivity contribution >= 4 is 53.9 Å². The number of fused-ring (bicyclic) bond motifs is 6. The van der Waals surface area contributed by atoms with Crippen LogP contribution >= 0.6 is 0 Å². The molecular weight excluding hydrogens is 492 g/mol. The van der Waals surface area contributed by atoms with E-state index in [0.717, 1.165) is 6.42 Å². The van der Waals surface area contributed by atoms with Gasteiger partial charge in [0.05, 0.1) is 0 Å². The molecule has 8 rings (SSSR count). The Labute approximate surface area is 240 Å². The molecule has 0 N–H and O–H groups in total. The fourth-order valence-electron chi connectivity index (χ4n) is 7.13. The summed E-state index contributed by atoms with van der Waals surface area (Å²) in [6.45, 7) is 4.45. The molecule has 0 aliphatic rings. The molecule has 0 spiro atoms. The molecule has 0 fully saturated rings. The van der Waals surface area contributed by atoms with E-state index in [1.807, 2.05) is 0 Å². The van der Waals surface area contributed by atoms with Crippen molar-refractivity contribution in [2.24, 2.45) is 0 Å². The molecule has 0 heterocycles. The van der Waals surface area contributed by atoms with E-state index in [0.29, 0.717) is 0 Å². The van der Waals surface area contributed by atoms with Crippen LogP contribution in [0.2, 0.25) is 0 Å². The van der Waals surface area contributed by atoms with E-state index in [-0.39, 0.29) is 0 Å². The van der Waals surface area contributed by atoms with E-state index in [9.17, 15) is 0 Å². The zero-order valence-electron chi connectivity index (χ0n) is 23.4. The molecule has 8 aromatic carbocycles. The molecule has 41 heavy (non-hydrogen) atoms. The third-order valence-corrected chi connectivity index (χ3v) is 8.88. The fraction of sp³-hybridized carbons (Fsp3) is 0.0732. The Morgan fingerprint density at radius 3 is 1.68 bits per heavy atom. The van der Waals surface area contributed by atoms with Gasteiger partial charge in [-0.2, -0.15) is 0 Å². The predicted molar refractivity (Wildman–Crippen MR) is 179 cm³/mol. The highest BCUT2D eigenvalue weighted by Gasteiger charge is 2.19. The Morgan fingerprint density at radius 1 is 0.415 bits per heavy atom. The molecule has 0 radical (unpaired) electrons. The first-order chi connectivity index (χ1) is 20.2. The molecule has 0 saturated carbocycles. The fourth-order valence-corrected chi connectivity index (χ4v) is 7.13. The number of benzene rings is 8. The van der Waals surface area contributed by atoms with Gasteiger partial charge in [-0.25, -0.2) is 0 Å². The summed E-state index contributed by atoms with van der Waals surface area (Å²) in [5, 5.41) is 13.2. The molecule has 0 saturated heterocycles. The molecular formula is C41H30. The Balaban J connectivity index is 1.52. The first-order valence-electron chi connectivity index (χ1n) is 14.6. The minimum atomic E-state index is 1.01. The van der Waals surface area contributed by atoms with Crippen molar-refractivity contribution in [1.82, 2.24) is 0 Å². The largest absolute Gasteiger partial charge is 0.0616 e. The van der Waals surface area contributed by atoms with Crippen LogP contribution in [-0.4, -0.2) is 0 Å². The lowest BCUT2D eigenvalue weighted by Crippen LogP contribution is -1.93. The van der Waals surface area contributed by atoms with Crippen LogP contribution in [0.1, 0.15) is 18.1 Å². The van der Waals surface area contributed by atoms with Crippen molar-refractivity contribution in [2.75, 3.05) is 0 Å². The van der Waals surface area contributed by atoms with E-state index in [2.05, 4.69) is 147 Å². The summed E-state index contributed by atoms with van der Waals surface area (Å²) < 4.78 is 0. The molecule has 0 atom stereocenters. The van der Waals surface area contributed by atoms with Crippen molar-refractivity contribution in [3.8, 4) is 22.3 Å². The van der Waals surface area contributed by atoms with E-state index in [4.69, 9.17) is 0 Å². The Kier molecular flexibility index (Phi) is 5.43. The molecule has 0 unspecified atom stereocenters. The minimum absolute atomic E-state index is 1.01. The van der Waals surface area contributed by atoms with Crippen molar-refractivity contribution in [2.45, 2.75) is 20.3 Å². The SMILES string of the molecule is CCc1c2ccccc2cc2c1ccc1c(-c3c4ccccc4c(-c4cccc(C)c4)c4ccccc34)cccc12. The second kappa shape index (κ2) is 9.32. The quantitative estimate of drug-likeness (QED) is 0.160. The summed E-state index contributed by atoms with van der Waals surface area (Å²) in [5.74, 6) is 0. The highest BCUT2D eigenvalue weighted by Crippen LogP contribution is 2.46. The second-order valence-electron chi connectivity index (χ2n) is 11.2. The molecule has 0 heteroatoms. The second-order valence-corrected chi connectivity index (χ2v) is 11.2. The van der Waals surface area contributed by atoms with Crippen LogP contribution in [-0.2, 0) is 6.42 Å². The summed E-state index contributed by atoms with van der Waals surface area (Å²) in [5.41, 5.74) is 7.90. The maximum Gasteiger partial charge on any atom is -0.00201 e. The Bertz CT molecular complexity index is 2240. The number of rotatable bonds is 3. The van der Waals surface area contributed by atoms with Gasteiger partial charge in [0.1, 0.15) is 0 Å². The lowest BCUT2D eigenvalue weighted by Gasteiger charge is -2.19. The lowest BCUT2D eigenvalue weighted by atomic mass is 9.83. The number of aryl methyl sites for hydroxylation is 2. The first kappa shape index (κ1) is 23.9. The van der Waals surface area contributed by atoms with Crippen molar-refractivity contribution in [3.05, 3.63) is 145 Å². The number of hydrogen-bond donors (Lipinski definition) is 0. The van der Waals surface area contributed by atoms with E-state index in [1.54, 1.807) is 0 Å². The maximum absolute atomic E-state index is 2.40. The zero-order valence-corrected chi connectivity index (χ0v) is 23.4. The molecule has 194 valence electrons. The molecule has 0 aromatic heterocycles. The Morgan fingerprint density at radius 2 is 1.00 bits per heavy atom. The van der Waals surface area contributed by atoms with Gasteiger partial charge in [0.25, 0.3) is 0 Å². The van der Waals surface area contributed by atoms with Crippen LogP contribution in [0.4, 0.5) is 0 Å². The normalized spacial score (nSPS) is 11.8. The third-order valence-electron chi connectivity index (χ3n) is 8.88. The summed E-state index contributed by atoms with van der Waals surface area (Å²) in [6, 6.07) is 49.6. The molecule has 0 bridgehead atoms. The van der Waals surface area contributed by atoms with Crippen LogP contribution in [0.5, 0.6) is 0 Å². The predicted octanol–water partition coefficient (Wildman–Crippen LogP) is 11.7. The molecule has 0 amide bonds. The highest BCUT2D eigenvalue weighted by atomic mass is 14.2. The van der Waals surface area contributed by atoms with E-state index in [1.165, 1.54) is 87.2 Å². The van der Waals surface area contributed by atoms with Gasteiger partial charge in [0.2, 0.25) is 0 Å². The molecule has 0 aliphatic carbocycles.